The second-order valence-electron chi connectivity index (χ2n) is 6.57. The lowest BCUT2D eigenvalue weighted by molar-refractivity contribution is 0.0275. The number of amides is 1. The van der Waals surface area contributed by atoms with Gasteiger partial charge in [0.25, 0.3) is 5.91 Å². The number of benzene rings is 1. The number of hydrogen-bond donors (Lipinski definition) is 3. The quantitative estimate of drug-likeness (QED) is 0.788. The highest BCUT2D eigenvalue weighted by atomic mass is 16.3. The Balaban J connectivity index is 1.68. The van der Waals surface area contributed by atoms with Crippen LogP contribution in [0.15, 0.2) is 36.5 Å². The van der Waals surface area contributed by atoms with Crippen LogP contribution in [0.5, 0.6) is 0 Å². The van der Waals surface area contributed by atoms with Gasteiger partial charge in [0.1, 0.15) is 0 Å². The minimum Gasteiger partial charge on any atom is -0.388 e. The minimum atomic E-state index is -0.849. The van der Waals surface area contributed by atoms with Crippen LogP contribution in [-0.2, 0) is 0 Å². The molecule has 1 aromatic heterocycles. The zero-order valence-electron chi connectivity index (χ0n) is 14.5. The summed E-state index contributed by atoms with van der Waals surface area (Å²) in [5.74, 6) is 0.353. The van der Waals surface area contributed by atoms with Crippen molar-refractivity contribution in [2.24, 2.45) is 0 Å². The third kappa shape index (κ3) is 4.41. The average molecular weight is 340 g/mol. The van der Waals surface area contributed by atoms with E-state index in [2.05, 4.69) is 20.6 Å². The molecule has 0 unspecified atom stereocenters. The van der Waals surface area contributed by atoms with Crippen LogP contribution in [0.4, 0.5) is 0 Å². The molecule has 0 saturated carbocycles. The first kappa shape index (κ1) is 17.5. The summed E-state index contributed by atoms with van der Waals surface area (Å²) >= 11 is 0. The van der Waals surface area contributed by atoms with E-state index in [1.54, 1.807) is 13.1 Å². The van der Waals surface area contributed by atoms with Crippen LogP contribution >= 0.6 is 0 Å². The SMILES string of the molecule is Cc1nc(-c2ccccc2)ncc1C(=O)NC[C@@]1(O)CCCNCC1. The van der Waals surface area contributed by atoms with Gasteiger partial charge < -0.3 is 15.7 Å². The third-order valence-corrected chi connectivity index (χ3v) is 4.60. The molecule has 3 N–H and O–H groups in total. The fourth-order valence-electron chi connectivity index (χ4n) is 3.05. The smallest absolute Gasteiger partial charge is 0.254 e. The van der Waals surface area contributed by atoms with Gasteiger partial charge in [0.15, 0.2) is 5.82 Å². The lowest BCUT2D eigenvalue weighted by Crippen LogP contribution is -2.43. The number of rotatable bonds is 4. The van der Waals surface area contributed by atoms with E-state index in [1.807, 2.05) is 30.3 Å². The van der Waals surface area contributed by atoms with Crippen LogP contribution in [0.1, 0.15) is 35.3 Å². The standard InChI is InChI=1S/C19H24N4O2/c1-14-16(12-21-17(23-14)15-6-3-2-4-7-15)18(24)22-13-19(25)8-5-10-20-11-9-19/h2-4,6-7,12,20,25H,5,8-11,13H2,1H3,(H,22,24)/t19-/m1/s1. The molecule has 132 valence electrons. The molecule has 1 saturated heterocycles. The van der Waals surface area contributed by atoms with Gasteiger partial charge in [-0.05, 0) is 39.3 Å². The predicted molar refractivity (Wildman–Crippen MR) is 96.2 cm³/mol. The second-order valence-corrected chi connectivity index (χ2v) is 6.57. The molecule has 1 aliphatic rings. The summed E-state index contributed by atoms with van der Waals surface area (Å²) in [6.45, 7) is 3.71. The van der Waals surface area contributed by atoms with E-state index >= 15 is 0 Å². The fraction of sp³-hybridized carbons (Fsp3) is 0.421. The number of carbonyl (C=O) groups excluding carboxylic acids is 1. The highest BCUT2D eigenvalue weighted by Gasteiger charge is 2.28. The molecule has 0 radical (unpaired) electrons. The van der Waals surface area contributed by atoms with Crippen molar-refractivity contribution < 1.29 is 9.90 Å². The Morgan fingerprint density at radius 3 is 2.84 bits per heavy atom. The summed E-state index contributed by atoms with van der Waals surface area (Å²) in [7, 11) is 0. The molecule has 0 spiro atoms. The van der Waals surface area contributed by atoms with Crippen LogP contribution in [0.25, 0.3) is 11.4 Å². The number of carbonyl (C=O) groups is 1. The summed E-state index contributed by atoms with van der Waals surface area (Å²) in [4.78, 5) is 21.2. The normalized spacial score (nSPS) is 20.7. The Morgan fingerprint density at radius 1 is 1.28 bits per heavy atom. The number of aryl methyl sites for hydroxylation is 1. The van der Waals surface area contributed by atoms with E-state index in [-0.39, 0.29) is 12.5 Å². The molecule has 0 bridgehead atoms. The van der Waals surface area contributed by atoms with E-state index < -0.39 is 5.60 Å². The van der Waals surface area contributed by atoms with Crippen LogP contribution in [0.2, 0.25) is 0 Å². The molecule has 6 heteroatoms. The predicted octanol–water partition coefficient (Wildman–Crippen LogP) is 1.69. The molecule has 1 atom stereocenters. The summed E-state index contributed by atoms with van der Waals surface area (Å²) in [6.07, 6.45) is 3.78. The van der Waals surface area contributed by atoms with Gasteiger partial charge in [-0.1, -0.05) is 30.3 Å². The first-order valence-corrected chi connectivity index (χ1v) is 8.68. The molecule has 2 aromatic rings. The van der Waals surface area contributed by atoms with Crippen LogP contribution in [0.3, 0.4) is 0 Å². The van der Waals surface area contributed by atoms with E-state index in [1.165, 1.54) is 0 Å². The second kappa shape index (κ2) is 7.72. The van der Waals surface area contributed by atoms with Crippen molar-refractivity contribution in [3.8, 4) is 11.4 Å². The molecular weight excluding hydrogens is 316 g/mol. The average Bonchev–Trinajstić information content (AvgIpc) is 2.85. The Kier molecular flexibility index (Phi) is 5.40. The molecule has 2 heterocycles. The maximum atomic E-state index is 12.5. The molecule has 1 aromatic carbocycles. The number of nitrogens with one attached hydrogen (secondary N) is 2. The van der Waals surface area contributed by atoms with Crippen molar-refractivity contribution in [3.63, 3.8) is 0 Å². The van der Waals surface area contributed by atoms with Gasteiger partial charge in [-0.2, -0.15) is 0 Å². The maximum absolute atomic E-state index is 12.5. The minimum absolute atomic E-state index is 0.243. The largest absolute Gasteiger partial charge is 0.388 e. The number of aliphatic hydroxyl groups is 1. The van der Waals surface area contributed by atoms with Crippen molar-refractivity contribution >= 4 is 5.91 Å². The fourth-order valence-corrected chi connectivity index (χ4v) is 3.05. The monoisotopic (exact) mass is 340 g/mol. The molecule has 1 aliphatic heterocycles. The van der Waals surface area contributed by atoms with Crippen LogP contribution in [-0.4, -0.2) is 46.2 Å². The number of hydrogen-bond acceptors (Lipinski definition) is 5. The number of nitrogens with zero attached hydrogens (tertiary/aromatic N) is 2. The zero-order valence-corrected chi connectivity index (χ0v) is 14.5. The Bertz CT molecular complexity index is 725. The Morgan fingerprint density at radius 2 is 2.08 bits per heavy atom. The molecular formula is C19H24N4O2. The molecule has 25 heavy (non-hydrogen) atoms. The van der Waals surface area contributed by atoms with Crippen LogP contribution in [0, 0.1) is 6.92 Å². The van der Waals surface area contributed by atoms with E-state index in [0.29, 0.717) is 29.9 Å². The van der Waals surface area contributed by atoms with E-state index in [4.69, 9.17) is 0 Å². The lowest BCUT2D eigenvalue weighted by atomic mass is 9.95. The lowest BCUT2D eigenvalue weighted by Gasteiger charge is -2.26. The van der Waals surface area contributed by atoms with Gasteiger partial charge in [0, 0.05) is 18.3 Å². The van der Waals surface area contributed by atoms with Crippen molar-refractivity contribution in [2.75, 3.05) is 19.6 Å². The van der Waals surface area contributed by atoms with Crippen LogP contribution < -0.4 is 10.6 Å². The summed E-state index contributed by atoms with van der Waals surface area (Å²) in [5, 5.41) is 16.7. The van der Waals surface area contributed by atoms with Gasteiger partial charge in [0.2, 0.25) is 0 Å². The third-order valence-electron chi connectivity index (χ3n) is 4.60. The van der Waals surface area contributed by atoms with Gasteiger partial charge in [-0.15, -0.1) is 0 Å². The molecule has 6 nitrogen and oxygen atoms in total. The molecule has 1 amide bonds. The summed E-state index contributed by atoms with van der Waals surface area (Å²) < 4.78 is 0. The topological polar surface area (TPSA) is 87.1 Å². The summed E-state index contributed by atoms with van der Waals surface area (Å²) in [5.41, 5.74) is 1.13. The molecule has 1 fully saturated rings. The van der Waals surface area contributed by atoms with Gasteiger partial charge in [-0.3, -0.25) is 4.79 Å². The van der Waals surface area contributed by atoms with Crippen molar-refractivity contribution in [3.05, 3.63) is 47.8 Å². The van der Waals surface area contributed by atoms with E-state index in [0.717, 1.165) is 25.1 Å². The Labute approximate surface area is 147 Å². The molecule has 0 aliphatic carbocycles. The van der Waals surface area contributed by atoms with Gasteiger partial charge in [0.05, 0.1) is 16.9 Å². The van der Waals surface area contributed by atoms with Crippen molar-refractivity contribution in [1.82, 2.24) is 20.6 Å². The summed E-state index contributed by atoms with van der Waals surface area (Å²) in [6, 6.07) is 9.66. The highest BCUT2D eigenvalue weighted by Crippen LogP contribution is 2.19. The van der Waals surface area contributed by atoms with Gasteiger partial charge in [-0.25, -0.2) is 9.97 Å². The Hall–Kier alpha value is -2.31. The van der Waals surface area contributed by atoms with E-state index in [9.17, 15) is 9.90 Å². The molecule has 3 rings (SSSR count). The number of aromatic nitrogens is 2. The zero-order chi connectivity index (χ0) is 17.7. The first-order valence-electron chi connectivity index (χ1n) is 8.68. The van der Waals surface area contributed by atoms with Crippen molar-refractivity contribution in [2.45, 2.75) is 31.8 Å². The first-order chi connectivity index (χ1) is 12.1. The van der Waals surface area contributed by atoms with Crippen molar-refractivity contribution in [1.29, 1.82) is 0 Å². The van der Waals surface area contributed by atoms with Gasteiger partial charge >= 0.3 is 0 Å². The maximum Gasteiger partial charge on any atom is 0.254 e. The highest BCUT2D eigenvalue weighted by molar-refractivity contribution is 5.95.